The number of hydrogen-bond acceptors (Lipinski definition) is 8. The number of ether oxygens (including phenoxy) is 2. The van der Waals surface area contributed by atoms with E-state index in [1.54, 1.807) is 18.5 Å². The maximum absolute atomic E-state index is 14.4. The molecule has 5 heterocycles. The van der Waals surface area contributed by atoms with Crippen LogP contribution in [0.25, 0.3) is 10.9 Å². The number of halogens is 1. The minimum atomic E-state index is -1.09. The molecule has 3 aromatic rings. The van der Waals surface area contributed by atoms with Gasteiger partial charge in [-0.1, -0.05) is 6.92 Å². The average Bonchev–Trinajstić information content (AvgIpc) is 3.32. The maximum atomic E-state index is 14.4. The van der Waals surface area contributed by atoms with E-state index in [0.717, 1.165) is 30.2 Å². The van der Waals surface area contributed by atoms with E-state index >= 15 is 0 Å². The Labute approximate surface area is 221 Å². The fourth-order valence-corrected chi connectivity index (χ4v) is 5.09. The number of carbonyl (C=O) groups is 1. The smallest absolute Gasteiger partial charge is 0.253 e. The molecule has 0 aromatic carbocycles. The van der Waals surface area contributed by atoms with Crippen molar-refractivity contribution in [2.24, 2.45) is 0 Å². The van der Waals surface area contributed by atoms with Gasteiger partial charge in [0.1, 0.15) is 17.8 Å². The zero-order valence-corrected chi connectivity index (χ0v) is 22.2. The van der Waals surface area contributed by atoms with E-state index < -0.39 is 12.3 Å². The number of rotatable bonds is 8. The lowest BCUT2D eigenvalue weighted by Gasteiger charge is -2.33. The SMILES string of the molecule is CC[C@@H](C)n1cc(C(=O)NC2CCOCC2)c2cnc(Nc3ccnc(N4CC[C@H](OC)[C@H](F)C4)n3)cc21. The Morgan fingerprint density at radius 2 is 2.08 bits per heavy atom. The number of methoxy groups -OCH3 is 1. The third-order valence-electron chi connectivity index (χ3n) is 7.55. The van der Waals surface area contributed by atoms with Gasteiger partial charge in [0.15, 0.2) is 0 Å². The van der Waals surface area contributed by atoms with Gasteiger partial charge in [-0.3, -0.25) is 4.79 Å². The molecule has 10 nitrogen and oxygen atoms in total. The molecule has 11 heteroatoms. The molecule has 1 amide bonds. The predicted molar refractivity (Wildman–Crippen MR) is 144 cm³/mol. The van der Waals surface area contributed by atoms with Crippen molar-refractivity contribution in [2.75, 3.05) is 43.6 Å². The molecular weight excluding hydrogens is 489 g/mol. The molecule has 0 bridgehead atoms. The summed E-state index contributed by atoms with van der Waals surface area (Å²) in [6, 6.07) is 4.01. The summed E-state index contributed by atoms with van der Waals surface area (Å²) in [7, 11) is 1.54. The number of alkyl halides is 1. The maximum Gasteiger partial charge on any atom is 0.253 e. The highest BCUT2D eigenvalue weighted by Gasteiger charge is 2.30. The Morgan fingerprint density at radius 1 is 1.26 bits per heavy atom. The van der Waals surface area contributed by atoms with Gasteiger partial charge in [0, 0.05) is 69.0 Å². The second-order valence-electron chi connectivity index (χ2n) is 10.0. The van der Waals surface area contributed by atoms with Crippen LogP contribution < -0.4 is 15.5 Å². The van der Waals surface area contributed by atoms with Crippen LogP contribution >= 0.6 is 0 Å². The Balaban J connectivity index is 1.38. The van der Waals surface area contributed by atoms with Crippen LogP contribution in [0.3, 0.4) is 0 Å². The lowest BCUT2D eigenvalue weighted by molar-refractivity contribution is 0.0194. The molecule has 2 fully saturated rings. The molecule has 204 valence electrons. The van der Waals surface area contributed by atoms with E-state index in [9.17, 15) is 9.18 Å². The van der Waals surface area contributed by atoms with Gasteiger partial charge in [0.2, 0.25) is 5.95 Å². The van der Waals surface area contributed by atoms with Crippen molar-refractivity contribution in [1.29, 1.82) is 0 Å². The van der Waals surface area contributed by atoms with Crippen molar-refractivity contribution >= 4 is 34.4 Å². The molecule has 3 atom stereocenters. The summed E-state index contributed by atoms with van der Waals surface area (Å²) in [6.07, 6.45) is 6.96. The van der Waals surface area contributed by atoms with Crippen LogP contribution in [0.4, 0.5) is 22.0 Å². The van der Waals surface area contributed by atoms with Crippen LogP contribution in [0.15, 0.2) is 30.7 Å². The van der Waals surface area contributed by atoms with Gasteiger partial charge in [0.25, 0.3) is 5.91 Å². The largest absolute Gasteiger partial charge is 0.381 e. The first-order chi connectivity index (χ1) is 18.5. The molecule has 0 radical (unpaired) electrons. The summed E-state index contributed by atoms with van der Waals surface area (Å²) in [5, 5.41) is 7.23. The molecule has 2 aliphatic rings. The second-order valence-corrected chi connectivity index (χ2v) is 10.0. The summed E-state index contributed by atoms with van der Waals surface area (Å²) in [4.78, 5) is 28.6. The van der Waals surface area contributed by atoms with Crippen molar-refractivity contribution in [3.63, 3.8) is 0 Å². The fraction of sp³-hybridized carbons (Fsp3) is 0.556. The lowest BCUT2D eigenvalue weighted by atomic mass is 10.1. The third kappa shape index (κ3) is 5.58. The quantitative estimate of drug-likeness (QED) is 0.454. The number of piperidine rings is 1. The van der Waals surface area contributed by atoms with Crippen molar-refractivity contribution < 1.29 is 18.7 Å². The average molecular weight is 526 g/mol. The van der Waals surface area contributed by atoms with E-state index in [2.05, 4.69) is 44.0 Å². The first-order valence-corrected chi connectivity index (χ1v) is 13.4. The first kappa shape index (κ1) is 26.3. The van der Waals surface area contributed by atoms with E-state index in [4.69, 9.17) is 9.47 Å². The summed E-state index contributed by atoms with van der Waals surface area (Å²) < 4.78 is 27.2. The van der Waals surface area contributed by atoms with Crippen molar-refractivity contribution in [2.45, 2.75) is 63.9 Å². The van der Waals surface area contributed by atoms with Gasteiger partial charge in [-0.15, -0.1) is 0 Å². The van der Waals surface area contributed by atoms with Gasteiger partial charge < -0.3 is 29.6 Å². The summed E-state index contributed by atoms with van der Waals surface area (Å²) >= 11 is 0. The molecule has 38 heavy (non-hydrogen) atoms. The van der Waals surface area contributed by atoms with E-state index in [-0.39, 0.29) is 24.5 Å². The summed E-state index contributed by atoms with van der Waals surface area (Å²) in [5.41, 5.74) is 1.54. The minimum absolute atomic E-state index is 0.0877. The number of hydrogen-bond donors (Lipinski definition) is 2. The van der Waals surface area contributed by atoms with Crippen LogP contribution in [0, 0.1) is 0 Å². The molecular formula is C27H36FN7O3. The number of nitrogens with one attached hydrogen (secondary N) is 2. The van der Waals surface area contributed by atoms with Crippen molar-refractivity contribution in [1.82, 2.24) is 24.8 Å². The molecule has 0 aliphatic carbocycles. The van der Waals surface area contributed by atoms with Crippen LogP contribution in [-0.4, -0.2) is 77.2 Å². The Morgan fingerprint density at radius 3 is 2.82 bits per heavy atom. The van der Waals surface area contributed by atoms with Crippen LogP contribution in [0.2, 0.25) is 0 Å². The van der Waals surface area contributed by atoms with Crippen molar-refractivity contribution in [3.05, 3.63) is 36.3 Å². The molecule has 0 spiro atoms. The Hall–Kier alpha value is -3.31. The zero-order valence-electron chi connectivity index (χ0n) is 22.2. The molecule has 2 N–H and O–H groups in total. The van der Waals surface area contributed by atoms with E-state index in [1.165, 1.54) is 7.11 Å². The second kappa shape index (κ2) is 11.6. The first-order valence-electron chi connectivity index (χ1n) is 13.4. The van der Waals surface area contributed by atoms with Crippen LogP contribution in [0.5, 0.6) is 0 Å². The van der Waals surface area contributed by atoms with Crippen LogP contribution in [-0.2, 0) is 9.47 Å². The van der Waals surface area contributed by atoms with Gasteiger partial charge in [-0.25, -0.2) is 14.4 Å². The summed E-state index contributed by atoms with van der Waals surface area (Å²) in [5.74, 6) is 1.53. The zero-order chi connectivity index (χ0) is 26.6. The molecule has 2 saturated heterocycles. The Kier molecular flexibility index (Phi) is 8.04. The number of fused-ring (bicyclic) bond motifs is 1. The predicted octanol–water partition coefficient (Wildman–Crippen LogP) is 4.01. The summed E-state index contributed by atoms with van der Waals surface area (Å²) in [6.45, 7) is 6.40. The molecule has 3 aromatic heterocycles. The third-order valence-corrected chi connectivity index (χ3v) is 7.55. The minimum Gasteiger partial charge on any atom is -0.381 e. The molecule has 0 unspecified atom stereocenters. The highest BCUT2D eigenvalue weighted by atomic mass is 19.1. The molecule has 0 saturated carbocycles. The van der Waals surface area contributed by atoms with Gasteiger partial charge in [-0.05, 0) is 38.7 Å². The highest BCUT2D eigenvalue weighted by molar-refractivity contribution is 6.07. The molecule has 2 aliphatic heterocycles. The van der Waals surface area contributed by atoms with E-state index in [1.807, 2.05) is 17.2 Å². The monoisotopic (exact) mass is 525 g/mol. The normalized spacial score (nSPS) is 21.4. The number of aromatic nitrogens is 4. The standard InChI is InChI=1S/C27H36FN7O3/c1-4-17(2)35-15-20(26(36)31-18-7-11-38-12-8-18)19-14-30-25(13-22(19)35)32-24-5-9-29-27(33-24)34-10-6-23(37-3)21(28)16-34/h5,9,13-15,17-18,21,23H,4,6-8,10-12,16H2,1-3H3,(H,31,36)(H,29,30,32,33)/t17-,21-,23+/m1/s1. The van der Waals surface area contributed by atoms with Gasteiger partial charge in [0.05, 0.1) is 23.7 Å². The number of amides is 1. The fourth-order valence-electron chi connectivity index (χ4n) is 5.09. The number of nitrogens with zero attached hydrogens (tertiary/aromatic N) is 5. The number of anilines is 3. The highest BCUT2D eigenvalue weighted by Crippen LogP contribution is 2.29. The van der Waals surface area contributed by atoms with Crippen LogP contribution in [0.1, 0.15) is 55.9 Å². The van der Waals surface area contributed by atoms with E-state index in [0.29, 0.717) is 49.3 Å². The topological polar surface area (TPSA) is 106 Å². The van der Waals surface area contributed by atoms with Gasteiger partial charge in [-0.2, -0.15) is 4.98 Å². The number of pyridine rings is 1. The van der Waals surface area contributed by atoms with Crippen molar-refractivity contribution in [3.8, 4) is 0 Å². The Bertz CT molecular complexity index is 1260. The number of carbonyl (C=O) groups excluding carboxylic acids is 1. The van der Waals surface area contributed by atoms with Gasteiger partial charge >= 0.3 is 0 Å². The molecule has 5 rings (SSSR count). The lowest BCUT2D eigenvalue weighted by Crippen LogP contribution is -2.46.